The minimum absolute atomic E-state index is 0.346. The lowest BCUT2D eigenvalue weighted by Gasteiger charge is -2.18. The average Bonchev–Trinajstić information content (AvgIpc) is 2.18. The van der Waals surface area contributed by atoms with E-state index in [0.717, 1.165) is 30.6 Å². The molecule has 0 spiro atoms. The van der Waals surface area contributed by atoms with Crippen molar-refractivity contribution in [3.63, 3.8) is 0 Å². The van der Waals surface area contributed by atoms with Gasteiger partial charge in [-0.15, -0.1) is 0 Å². The van der Waals surface area contributed by atoms with E-state index in [1.54, 1.807) is 6.20 Å². The molecule has 0 saturated heterocycles. The summed E-state index contributed by atoms with van der Waals surface area (Å²) >= 11 is 0. The van der Waals surface area contributed by atoms with Gasteiger partial charge >= 0.3 is 0 Å². The van der Waals surface area contributed by atoms with Gasteiger partial charge < -0.3 is 11.1 Å². The number of nitrogens with zero attached hydrogens (tertiary/aromatic N) is 1. The summed E-state index contributed by atoms with van der Waals surface area (Å²) in [6, 6.07) is 2.20. The van der Waals surface area contributed by atoms with Crippen molar-refractivity contribution < 1.29 is 0 Å². The molecule has 1 heterocycles. The number of anilines is 1. The van der Waals surface area contributed by atoms with Crippen LogP contribution in [-0.4, -0.2) is 11.5 Å². The second kappa shape index (κ2) is 5.60. The van der Waals surface area contributed by atoms with Gasteiger partial charge in [-0.05, 0) is 19.0 Å². The average molecular weight is 193 g/mol. The van der Waals surface area contributed by atoms with Crippen LogP contribution in [0.25, 0.3) is 0 Å². The highest BCUT2D eigenvalue weighted by Gasteiger charge is 2.11. The van der Waals surface area contributed by atoms with Crippen LogP contribution in [0.1, 0.15) is 38.3 Å². The molecule has 0 aromatic carbocycles. The summed E-state index contributed by atoms with van der Waals surface area (Å²) in [5.41, 5.74) is 7.86. The van der Waals surface area contributed by atoms with Gasteiger partial charge in [0, 0.05) is 29.7 Å². The maximum Gasteiger partial charge on any atom is 0.0393 e. The van der Waals surface area contributed by atoms with Gasteiger partial charge in [-0.25, -0.2) is 0 Å². The van der Waals surface area contributed by atoms with E-state index in [9.17, 15) is 0 Å². The minimum atomic E-state index is 0.346. The van der Waals surface area contributed by atoms with E-state index >= 15 is 0 Å². The van der Waals surface area contributed by atoms with Gasteiger partial charge in [0.25, 0.3) is 0 Å². The fraction of sp³-hybridized carbons (Fsp3) is 0.545. The number of hydrogen-bond donors (Lipinski definition) is 2. The van der Waals surface area contributed by atoms with E-state index in [0.29, 0.717) is 6.04 Å². The quantitative estimate of drug-likeness (QED) is 0.753. The topological polar surface area (TPSA) is 50.9 Å². The second-order valence-electron chi connectivity index (χ2n) is 3.40. The molecule has 0 bridgehead atoms. The molecule has 1 atom stereocenters. The Morgan fingerprint density at radius 2 is 2.29 bits per heavy atom. The van der Waals surface area contributed by atoms with Crippen LogP contribution in [-0.2, 0) is 0 Å². The van der Waals surface area contributed by atoms with Crippen molar-refractivity contribution in [1.29, 1.82) is 0 Å². The number of nitrogens with one attached hydrogen (secondary N) is 1. The first-order valence-corrected chi connectivity index (χ1v) is 5.22. The number of pyridine rings is 1. The molecule has 78 valence electrons. The van der Waals surface area contributed by atoms with Gasteiger partial charge in [-0.3, -0.25) is 4.98 Å². The van der Waals surface area contributed by atoms with Crippen molar-refractivity contribution in [3.8, 4) is 0 Å². The Labute approximate surface area is 85.7 Å². The molecule has 0 saturated carbocycles. The molecule has 1 aromatic rings. The van der Waals surface area contributed by atoms with Crippen molar-refractivity contribution >= 4 is 5.69 Å². The Bertz CT molecular complexity index is 267. The molecule has 1 unspecified atom stereocenters. The first-order valence-electron chi connectivity index (χ1n) is 5.22. The molecular formula is C11H19N3. The molecule has 1 rings (SSSR count). The lowest BCUT2D eigenvalue weighted by atomic mass is 10.0. The maximum absolute atomic E-state index is 5.90. The molecule has 0 aliphatic heterocycles. The molecule has 0 aliphatic carbocycles. The molecule has 0 amide bonds. The zero-order valence-corrected chi connectivity index (χ0v) is 8.96. The van der Waals surface area contributed by atoms with Gasteiger partial charge in [0.2, 0.25) is 0 Å². The van der Waals surface area contributed by atoms with E-state index in [4.69, 9.17) is 5.73 Å². The Morgan fingerprint density at radius 1 is 1.50 bits per heavy atom. The Kier molecular flexibility index (Phi) is 4.40. The summed E-state index contributed by atoms with van der Waals surface area (Å²) in [6.45, 7) is 5.24. The second-order valence-corrected chi connectivity index (χ2v) is 3.40. The molecular weight excluding hydrogens is 174 g/mol. The highest BCUT2D eigenvalue weighted by molar-refractivity contribution is 5.46. The van der Waals surface area contributed by atoms with Crippen molar-refractivity contribution in [2.45, 2.75) is 32.7 Å². The van der Waals surface area contributed by atoms with Gasteiger partial charge in [0.15, 0.2) is 0 Å². The number of nitrogens with two attached hydrogens (primary N) is 1. The van der Waals surface area contributed by atoms with Crippen molar-refractivity contribution in [3.05, 3.63) is 24.0 Å². The van der Waals surface area contributed by atoms with E-state index in [2.05, 4.69) is 24.1 Å². The standard InChI is InChI=1S/C11H19N3/c1-3-5-11(14-4-2)9-8-13-7-6-10(9)12/h6-8,11,14H,3-5H2,1-2H3,(H2,12,13). The first-order chi connectivity index (χ1) is 6.79. The summed E-state index contributed by atoms with van der Waals surface area (Å²) in [4.78, 5) is 4.11. The molecule has 3 heteroatoms. The largest absolute Gasteiger partial charge is 0.398 e. The van der Waals surface area contributed by atoms with Crippen molar-refractivity contribution in [2.75, 3.05) is 12.3 Å². The van der Waals surface area contributed by atoms with E-state index in [1.165, 1.54) is 0 Å². The third-order valence-corrected chi connectivity index (χ3v) is 2.29. The van der Waals surface area contributed by atoms with Gasteiger partial charge in [-0.1, -0.05) is 20.3 Å². The molecule has 0 fully saturated rings. The van der Waals surface area contributed by atoms with Crippen LogP contribution in [0.15, 0.2) is 18.5 Å². The third kappa shape index (κ3) is 2.70. The predicted octanol–water partition coefficient (Wildman–Crippen LogP) is 2.11. The van der Waals surface area contributed by atoms with Crippen molar-refractivity contribution in [2.24, 2.45) is 0 Å². The third-order valence-electron chi connectivity index (χ3n) is 2.29. The Hall–Kier alpha value is -1.09. The zero-order valence-electron chi connectivity index (χ0n) is 8.96. The summed E-state index contributed by atoms with van der Waals surface area (Å²) in [5.74, 6) is 0. The van der Waals surface area contributed by atoms with E-state index < -0.39 is 0 Å². The number of rotatable bonds is 5. The fourth-order valence-corrected chi connectivity index (χ4v) is 1.61. The lowest BCUT2D eigenvalue weighted by Crippen LogP contribution is -2.21. The molecule has 14 heavy (non-hydrogen) atoms. The monoisotopic (exact) mass is 193 g/mol. The normalized spacial score (nSPS) is 12.7. The van der Waals surface area contributed by atoms with Crippen LogP contribution < -0.4 is 11.1 Å². The highest BCUT2D eigenvalue weighted by Crippen LogP contribution is 2.22. The number of aromatic nitrogens is 1. The molecule has 3 nitrogen and oxygen atoms in total. The first kappa shape index (κ1) is 11.0. The summed E-state index contributed by atoms with van der Waals surface area (Å²) in [7, 11) is 0. The van der Waals surface area contributed by atoms with Crippen LogP contribution in [0, 0.1) is 0 Å². The van der Waals surface area contributed by atoms with Crippen LogP contribution in [0.5, 0.6) is 0 Å². The summed E-state index contributed by atoms with van der Waals surface area (Å²) in [5, 5.41) is 3.42. The number of hydrogen-bond acceptors (Lipinski definition) is 3. The van der Waals surface area contributed by atoms with E-state index in [-0.39, 0.29) is 0 Å². The smallest absolute Gasteiger partial charge is 0.0393 e. The van der Waals surface area contributed by atoms with Gasteiger partial charge in [-0.2, -0.15) is 0 Å². The van der Waals surface area contributed by atoms with Crippen LogP contribution in [0.2, 0.25) is 0 Å². The summed E-state index contributed by atoms with van der Waals surface area (Å²) < 4.78 is 0. The molecule has 0 radical (unpaired) electrons. The molecule has 1 aromatic heterocycles. The van der Waals surface area contributed by atoms with Crippen molar-refractivity contribution in [1.82, 2.24) is 10.3 Å². The molecule has 3 N–H and O–H groups in total. The lowest BCUT2D eigenvalue weighted by molar-refractivity contribution is 0.509. The van der Waals surface area contributed by atoms with E-state index in [1.807, 2.05) is 12.3 Å². The maximum atomic E-state index is 5.90. The van der Waals surface area contributed by atoms with Crippen LogP contribution >= 0.6 is 0 Å². The van der Waals surface area contributed by atoms with Crippen LogP contribution in [0.3, 0.4) is 0 Å². The Balaban J connectivity index is 2.81. The van der Waals surface area contributed by atoms with Gasteiger partial charge in [0.1, 0.15) is 0 Å². The predicted molar refractivity (Wildman–Crippen MR) is 60.0 cm³/mol. The number of nitrogen functional groups attached to an aromatic ring is 1. The highest BCUT2D eigenvalue weighted by atomic mass is 14.9. The molecule has 0 aliphatic rings. The zero-order chi connectivity index (χ0) is 10.4. The fourth-order valence-electron chi connectivity index (χ4n) is 1.61. The SMILES string of the molecule is CCCC(NCC)c1cnccc1N. The Morgan fingerprint density at radius 3 is 2.86 bits per heavy atom. The minimum Gasteiger partial charge on any atom is -0.398 e. The summed E-state index contributed by atoms with van der Waals surface area (Å²) in [6.07, 6.45) is 5.84. The van der Waals surface area contributed by atoms with Gasteiger partial charge in [0.05, 0.1) is 0 Å². The van der Waals surface area contributed by atoms with Crippen LogP contribution in [0.4, 0.5) is 5.69 Å².